The molecule has 8 nitrogen and oxygen atoms in total. The number of nitro groups is 1. The van der Waals surface area contributed by atoms with E-state index < -0.39 is 14.8 Å². The minimum Gasteiger partial charge on any atom is -0.370 e. The van der Waals surface area contributed by atoms with Gasteiger partial charge >= 0.3 is 0 Å². The quantitative estimate of drug-likeness (QED) is 0.668. The molecule has 1 aromatic heterocycles. The summed E-state index contributed by atoms with van der Waals surface area (Å²) in [6.45, 7) is 1.37. The van der Waals surface area contributed by atoms with E-state index in [0.29, 0.717) is 24.7 Å². The number of piperidine rings is 1. The number of nitrogens with zero attached hydrogens (tertiary/aromatic N) is 3. The molecular formula is C15H18N4O4S. The SMILES string of the molecule is CS(=O)(=O)c1cc([N+](=O)[O-])ccc1N1CCC(c2ccn[nH]2)CC1. The van der Waals surface area contributed by atoms with Gasteiger partial charge in [0.2, 0.25) is 0 Å². The first-order valence-corrected chi connectivity index (χ1v) is 9.48. The number of hydrogen-bond donors (Lipinski definition) is 1. The molecule has 24 heavy (non-hydrogen) atoms. The molecule has 0 atom stereocenters. The summed E-state index contributed by atoms with van der Waals surface area (Å²) in [7, 11) is -3.56. The van der Waals surface area contributed by atoms with Crippen LogP contribution >= 0.6 is 0 Å². The van der Waals surface area contributed by atoms with Crippen molar-refractivity contribution in [2.24, 2.45) is 0 Å². The Kier molecular flexibility index (Phi) is 4.27. The summed E-state index contributed by atoms with van der Waals surface area (Å²) in [4.78, 5) is 12.3. The van der Waals surface area contributed by atoms with E-state index in [0.717, 1.165) is 30.9 Å². The average Bonchev–Trinajstić information content (AvgIpc) is 3.08. The van der Waals surface area contributed by atoms with Gasteiger partial charge < -0.3 is 4.90 Å². The largest absolute Gasteiger partial charge is 0.370 e. The zero-order chi connectivity index (χ0) is 17.3. The van der Waals surface area contributed by atoms with Gasteiger partial charge in [0.05, 0.1) is 15.5 Å². The van der Waals surface area contributed by atoms with Crippen LogP contribution in [0.3, 0.4) is 0 Å². The Balaban J connectivity index is 1.86. The molecule has 128 valence electrons. The number of H-pyrrole nitrogens is 1. The van der Waals surface area contributed by atoms with Crippen LogP contribution in [0.25, 0.3) is 0 Å². The molecule has 1 fully saturated rings. The van der Waals surface area contributed by atoms with Gasteiger partial charge in [-0.2, -0.15) is 5.10 Å². The number of rotatable bonds is 4. The van der Waals surface area contributed by atoms with Crippen LogP contribution in [0, 0.1) is 10.1 Å². The number of aromatic amines is 1. The number of aromatic nitrogens is 2. The fraction of sp³-hybridized carbons (Fsp3) is 0.400. The van der Waals surface area contributed by atoms with E-state index in [4.69, 9.17) is 0 Å². The molecule has 1 N–H and O–H groups in total. The maximum Gasteiger partial charge on any atom is 0.270 e. The molecule has 2 aromatic rings. The van der Waals surface area contributed by atoms with Crippen molar-refractivity contribution in [2.75, 3.05) is 24.2 Å². The summed E-state index contributed by atoms with van der Waals surface area (Å²) in [5.74, 6) is 0.364. The molecule has 0 unspecified atom stereocenters. The molecule has 0 aliphatic carbocycles. The number of non-ortho nitro benzene ring substituents is 1. The van der Waals surface area contributed by atoms with E-state index in [2.05, 4.69) is 10.2 Å². The zero-order valence-electron chi connectivity index (χ0n) is 13.2. The van der Waals surface area contributed by atoms with Gasteiger partial charge in [-0.3, -0.25) is 15.2 Å². The van der Waals surface area contributed by atoms with E-state index in [1.165, 1.54) is 12.1 Å². The summed E-state index contributed by atoms with van der Waals surface area (Å²) >= 11 is 0. The van der Waals surface area contributed by atoms with E-state index in [-0.39, 0.29) is 10.6 Å². The molecule has 0 amide bonds. The van der Waals surface area contributed by atoms with Crippen molar-refractivity contribution in [3.63, 3.8) is 0 Å². The Labute approximate surface area is 139 Å². The zero-order valence-corrected chi connectivity index (χ0v) is 14.0. The molecule has 0 bridgehead atoms. The van der Waals surface area contributed by atoms with Crippen LogP contribution in [0.15, 0.2) is 35.4 Å². The predicted molar refractivity (Wildman–Crippen MR) is 89.0 cm³/mol. The van der Waals surface area contributed by atoms with E-state index in [1.54, 1.807) is 6.20 Å². The first-order valence-electron chi connectivity index (χ1n) is 7.59. The summed E-state index contributed by atoms with van der Waals surface area (Å²) < 4.78 is 24.1. The van der Waals surface area contributed by atoms with Crippen LogP contribution in [0.1, 0.15) is 24.5 Å². The standard InChI is InChI=1S/C15H18N4O4S/c1-24(22,23)15-10-12(19(20)21)2-3-14(15)18-8-5-11(6-9-18)13-4-7-16-17-13/h2-4,7,10-11H,5-6,8-9H2,1H3,(H,16,17). The summed E-state index contributed by atoms with van der Waals surface area (Å²) in [5.41, 5.74) is 1.40. The fourth-order valence-corrected chi connectivity index (χ4v) is 4.01. The Hall–Kier alpha value is -2.42. The lowest BCUT2D eigenvalue weighted by Crippen LogP contribution is -2.34. The van der Waals surface area contributed by atoms with Crippen molar-refractivity contribution in [3.8, 4) is 0 Å². The Bertz CT molecular complexity index is 840. The average molecular weight is 350 g/mol. The van der Waals surface area contributed by atoms with Gasteiger partial charge in [-0.05, 0) is 25.0 Å². The first-order chi connectivity index (χ1) is 11.4. The molecule has 0 saturated carbocycles. The first kappa shape index (κ1) is 16.4. The monoisotopic (exact) mass is 350 g/mol. The van der Waals surface area contributed by atoms with Crippen molar-refractivity contribution >= 4 is 21.2 Å². The number of anilines is 1. The lowest BCUT2D eigenvalue weighted by atomic mass is 9.93. The van der Waals surface area contributed by atoms with Gasteiger partial charge in [-0.15, -0.1) is 0 Å². The topological polar surface area (TPSA) is 109 Å². The maximum atomic E-state index is 12.1. The number of sulfone groups is 1. The smallest absolute Gasteiger partial charge is 0.270 e. The summed E-state index contributed by atoms with van der Waals surface area (Å²) in [5, 5.41) is 17.9. The van der Waals surface area contributed by atoms with E-state index >= 15 is 0 Å². The van der Waals surface area contributed by atoms with E-state index in [1.807, 2.05) is 11.0 Å². The number of hydrogen-bond acceptors (Lipinski definition) is 6. The molecule has 2 heterocycles. The minimum absolute atomic E-state index is 0.0108. The highest BCUT2D eigenvalue weighted by molar-refractivity contribution is 7.90. The summed E-state index contributed by atoms with van der Waals surface area (Å²) in [6.07, 6.45) is 4.53. The van der Waals surface area contributed by atoms with Crippen molar-refractivity contribution < 1.29 is 13.3 Å². The van der Waals surface area contributed by atoms with Gasteiger partial charge in [-0.1, -0.05) is 0 Å². The van der Waals surface area contributed by atoms with Crippen molar-refractivity contribution in [3.05, 3.63) is 46.3 Å². The Morgan fingerprint density at radius 3 is 2.54 bits per heavy atom. The third kappa shape index (κ3) is 3.25. The Morgan fingerprint density at radius 2 is 2.00 bits per heavy atom. The molecule has 0 radical (unpaired) electrons. The lowest BCUT2D eigenvalue weighted by molar-refractivity contribution is -0.385. The van der Waals surface area contributed by atoms with Crippen LogP contribution in [0.4, 0.5) is 11.4 Å². The maximum absolute atomic E-state index is 12.1. The highest BCUT2D eigenvalue weighted by Crippen LogP contribution is 2.34. The number of nitrogens with one attached hydrogen (secondary N) is 1. The molecule has 1 aromatic carbocycles. The van der Waals surface area contributed by atoms with Crippen molar-refractivity contribution in [1.29, 1.82) is 0 Å². The molecule has 1 saturated heterocycles. The Morgan fingerprint density at radius 1 is 1.29 bits per heavy atom. The van der Waals surface area contributed by atoms with Crippen LogP contribution in [0.2, 0.25) is 0 Å². The van der Waals surface area contributed by atoms with Gasteiger partial charge in [0, 0.05) is 49.3 Å². The van der Waals surface area contributed by atoms with Gasteiger partial charge in [0.15, 0.2) is 9.84 Å². The van der Waals surface area contributed by atoms with Crippen LogP contribution < -0.4 is 4.90 Å². The summed E-state index contributed by atoms with van der Waals surface area (Å²) in [6, 6.07) is 5.98. The van der Waals surface area contributed by atoms with Crippen LogP contribution in [-0.4, -0.2) is 42.9 Å². The van der Waals surface area contributed by atoms with Crippen LogP contribution in [0.5, 0.6) is 0 Å². The number of benzene rings is 1. The highest BCUT2D eigenvalue weighted by Gasteiger charge is 2.26. The van der Waals surface area contributed by atoms with Gasteiger partial charge in [-0.25, -0.2) is 8.42 Å². The molecular weight excluding hydrogens is 332 g/mol. The van der Waals surface area contributed by atoms with Gasteiger partial charge in [0.1, 0.15) is 0 Å². The molecule has 1 aliphatic rings. The minimum atomic E-state index is -3.56. The second-order valence-electron chi connectivity index (χ2n) is 5.95. The predicted octanol–water partition coefficient (Wildman–Crippen LogP) is 2.11. The number of nitro benzene ring substituents is 1. The normalized spacial score (nSPS) is 16.3. The second-order valence-corrected chi connectivity index (χ2v) is 7.94. The van der Waals surface area contributed by atoms with Gasteiger partial charge in [0.25, 0.3) is 5.69 Å². The molecule has 1 aliphatic heterocycles. The third-order valence-electron chi connectivity index (χ3n) is 4.35. The molecule has 3 rings (SSSR count). The second kappa shape index (κ2) is 6.23. The molecule has 9 heteroatoms. The fourth-order valence-electron chi connectivity index (χ4n) is 3.10. The highest BCUT2D eigenvalue weighted by atomic mass is 32.2. The third-order valence-corrected chi connectivity index (χ3v) is 5.48. The van der Waals surface area contributed by atoms with E-state index in [9.17, 15) is 18.5 Å². The van der Waals surface area contributed by atoms with Crippen LogP contribution in [-0.2, 0) is 9.84 Å². The lowest BCUT2D eigenvalue weighted by Gasteiger charge is -2.34. The van der Waals surface area contributed by atoms with Crippen molar-refractivity contribution in [2.45, 2.75) is 23.7 Å². The van der Waals surface area contributed by atoms with Crippen molar-refractivity contribution in [1.82, 2.24) is 10.2 Å². The molecule has 0 spiro atoms.